The maximum atomic E-state index is 11.7. The number of benzene rings is 1. The highest BCUT2D eigenvalue weighted by molar-refractivity contribution is 7.91. The zero-order valence-corrected chi connectivity index (χ0v) is 12.3. The lowest BCUT2D eigenvalue weighted by Crippen LogP contribution is -2.34. The first-order valence-corrected chi connectivity index (χ1v) is 8.62. The Balaban J connectivity index is 2.20. The molecule has 3 N–H and O–H groups in total. The van der Waals surface area contributed by atoms with E-state index in [1.807, 2.05) is 30.3 Å². The number of amidine groups is 1. The predicted octanol–water partition coefficient (Wildman–Crippen LogP) is 1.17. The molecule has 6 heteroatoms. The van der Waals surface area contributed by atoms with Gasteiger partial charge in [-0.15, -0.1) is 0 Å². The maximum Gasteiger partial charge on any atom is 0.151 e. The first-order chi connectivity index (χ1) is 9.48. The summed E-state index contributed by atoms with van der Waals surface area (Å²) >= 11 is 0. The largest absolute Gasteiger partial charge is 0.388 e. The first-order valence-electron chi connectivity index (χ1n) is 6.80. The summed E-state index contributed by atoms with van der Waals surface area (Å²) in [5, 5.41) is 7.56. The molecular formula is C14H21N3O2S. The lowest BCUT2D eigenvalue weighted by atomic mass is 10.0. The molecule has 1 unspecified atom stereocenters. The average molecular weight is 295 g/mol. The van der Waals surface area contributed by atoms with Crippen LogP contribution >= 0.6 is 0 Å². The van der Waals surface area contributed by atoms with Crippen molar-refractivity contribution in [1.29, 1.82) is 5.41 Å². The molecule has 1 fully saturated rings. The van der Waals surface area contributed by atoms with Gasteiger partial charge in [0.15, 0.2) is 9.84 Å². The molecule has 0 spiro atoms. The van der Waals surface area contributed by atoms with E-state index in [9.17, 15) is 8.42 Å². The van der Waals surface area contributed by atoms with Gasteiger partial charge in [-0.3, -0.25) is 10.3 Å². The third-order valence-electron chi connectivity index (χ3n) is 3.63. The molecule has 1 atom stereocenters. The topological polar surface area (TPSA) is 87.2 Å². The fraction of sp³-hybridized carbons (Fsp3) is 0.500. The van der Waals surface area contributed by atoms with Crippen molar-refractivity contribution in [3.8, 4) is 0 Å². The molecular weight excluding hydrogens is 274 g/mol. The standard InChI is InChI=1S/C14H21N3O2S/c15-14(16)11-13(12-5-2-1-3-6-12)17-7-4-9-20(18,19)10-8-17/h1-3,5-6,13H,4,7-11H2,(H3,15,16). The van der Waals surface area contributed by atoms with Gasteiger partial charge in [-0.25, -0.2) is 8.42 Å². The second-order valence-electron chi connectivity index (χ2n) is 5.20. The van der Waals surface area contributed by atoms with Crippen molar-refractivity contribution in [2.24, 2.45) is 5.73 Å². The SMILES string of the molecule is N=C(N)CC(c1ccccc1)N1CCCS(=O)(=O)CC1. The molecule has 2 rings (SSSR count). The molecule has 1 heterocycles. The fourth-order valence-corrected chi connectivity index (χ4v) is 3.90. The van der Waals surface area contributed by atoms with Crippen LogP contribution < -0.4 is 5.73 Å². The summed E-state index contributed by atoms with van der Waals surface area (Å²) in [6.07, 6.45) is 1.08. The minimum atomic E-state index is -2.92. The van der Waals surface area contributed by atoms with Crippen LogP contribution in [-0.4, -0.2) is 43.7 Å². The van der Waals surface area contributed by atoms with Crippen LogP contribution in [-0.2, 0) is 9.84 Å². The first kappa shape index (κ1) is 15.0. The maximum absolute atomic E-state index is 11.7. The number of nitrogens with two attached hydrogens (primary N) is 1. The lowest BCUT2D eigenvalue weighted by Gasteiger charge is -2.30. The van der Waals surface area contributed by atoms with Gasteiger partial charge in [0.05, 0.1) is 17.3 Å². The van der Waals surface area contributed by atoms with Crippen LogP contribution in [0.4, 0.5) is 0 Å². The zero-order valence-electron chi connectivity index (χ0n) is 11.5. The van der Waals surface area contributed by atoms with Crippen molar-refractivity contribution in [1.82, 2.24) is 4.90 Å². The van der Waals surface area contributed by atoms with Gasteiger partial charge in [0.2, 0.25) is 0 Å². The second kappa shape index (κ2) is 6.37. The highest BCUT2D eigenvalue weighted by Gasteiger charge is 2.26. The van der Waals surface area contributed by atoms with Gasteiger partial charge in [-0.2, -0.15) is 0 Å². The Labute approximate surface area is 120 Å². The Morgan fingerprint density at radius 2 is 1.95 bits per heavy atom. The van der Waals surface area contributed by atoms with E-state index < -0.39 is 9.84 Å². The molecule has 0 amide bonds. The highest BCUT2D eigenvalue weighted by Crippen LogP contribution is 2.25. The van der Waals surface area contributed by atoms with Gasteiger partial charge in [0.25, 0.3) is 0 Å². The van der Waals surface area contributed by atoms with Crippen LogP contribution in [0.2, 0.25) is 0 Å². The van der Waals surface area contributed by atoms with Crippen LogP contribution in [0.25, 0.3) is 0 Å². The molecule has 1 aliphatic heterocycles. The van der Waals surface area contributed by atoms with E-state index in [0.717, 1.165) is 12.1 Å². The van der Waals surface area contributed by atoms with Crippen LogP contribution in [0.3, 0.4) is 0 Å². The molecule has 1 aliphatic rings. The third-order valence-corrected chi connectivity index (χ3v) is 5.34. The lowest BCUT2D eigenvalue weighted by molar-refractivity contribution is 0.217. The molecule has 1 aromatic rings. The van der Waals surface area contributed by atoms with E-state index in [1.165, 1.54) is 0 Å². The number of sulfone groups is 1. The van der Waals surface area contributed by atoms with Gasteiger partial charge < -0.3 is 5.73 Å². The van der Waals surface area contributed by atoms with Crippen molar-refractivity contribution in [3.63, 3.8) is 0 Å². The molecule has 0 saturated carbocycles. The van der Waals surface area contributed by atoms with Crippen molar-refractivity contribution < 1.29 is 8.42 Å². The van der Waals surface area contributed by atoms with Crippen LogP contribution in [0.15, 0.2) is 30.3 Å². The minimum absolute atomic E-state index is 0.0120. The van der Waals surface area contributed by atoms with Crippen molar-refractivity contribution in [2.45, 2.75) is 18.9 Å². The van der Waals surface area contributed by atoms with E-state index >= 15 is 0 Å². The number of hydrogen-bond donors (Lipinski definition) is 2. The average Bonchev–Trinajstić information content (AvgIpc) is 2.58. The highest BCUT2D eigenvalue weighted by atomic mass is 32.2. The fourth-order valence-electron chi connectivity index (χ4n) is 2.61. The van der Waals surface area contributed by atoms with Gasteiger partial charge in [-0.05, 0) is 18.5 Å². The third kappa shape index (κ3) is 4.05. The van der Waals surface area contributed by atoms with Gasteiger partial charge in [-0.1, -0.05) is 30.3 Å². The quantitative estimate of drug-likeness (QED) is 0.645. The van der Waals surface area contributed by atoms with Crippen molar-refractivity contribution in [3.05, 3.63) is 35.9 Å². The number of hydrogen-bond acceptors (Lipinski definition) is 4. The number of nitrogens with zero attached hydrogens (tertiary/aromatic N) is 1. The second-order valence-corrected chi connectivity index (χ2v) is 7.50. The molecule has 0 aromatic heterocycles. The predicted molar refractivity (Wildman–Crippen MR) is 80.6 cm³/mol. The molecule has 110 valence electrons. The van der Waals surface area contributed by atoms with Crippen LogP contribution in [0, 0.1) is 5.41 Å². The summed E-state index contributed by atoms with van der Waals surface area (Å²) in [6.45, 7) is 1.24. The summed E-state index contributed by atoms with van der Waals surface area (Å²) in [4.78, 5) is 2.14. The van der Waals surface area contributed by atoms with Crippen LogP contribution in [0.5, 0.6) is 0 Å². The van der Waals surface area contributed by atoms with E-state index in [2.05, 4.69) is 4.90 Å². The Bertz CT molecular complexity index is 557. The van der Waals surface area contributed by atoms with E-state index in [1.54, 1.807) is 0 Å². The number of nitrogens with one attached hydrogen (secondary N) is 1. The van der Waals surface area contributed by atoms with Crippen molar-refractivity contribution in [2.75, 3.05) is 24.6 Å². The monoisotopic (exact) mass is 295 g/mol. The Morgan fingerprint density at radius 3 is 2.60 bits per heavy atom. The van der Waals surface area contributed by atoms with Crippen LogP contribution in [0.1, 0.15) is 24.4 Å². The van der Waals surface area contributed by atoms with E-state index in [4.69, 9.17) is 11.1 Å². The minimum Gasteiger partial charge on any atom is -0.388 e. The molecule has 1 aromatic carbocycles. The zero-order chi connectivity index (χ0) is 14.6. The molecule has 20 heavy (non-hydrogen) atoms. The summed E-state index contributed by atoms with van der Waals surface area (Å²) in [6, 6.07) is 9.86. The molecule has 0 aliphatic carbocycles. The summed E-state index contributed by atoms with van der Waals surface area (Å²) in [7, 11) is -2.92. The Morgan fingerprint density at radius 1 is 1.25 bits per heavy atom. The van der Waals surface area contributed by atoms with Gasteiger partial charge in [0.1, 0.15) is 0 Å². The van der Waals surface area contributed by atoms with E-state index in [-0.39, 0.29) is 23.4 Å². The molecule has 5 nitrogen and oxygen atoms in total. The Hall–Kier alpha value is -1.40. The molecule has 0 bridgehead atoms. The summed E-state index contributed by atoms with van der Waals surface area (Å²) < 4.78 is 23.4. The summed E-state index contributed by atoms with van der Waals surface area (Å²) in [5.41, 5.74) is 6.65. The molecule has 1 saturated heterocycles. The normalized spacial score (nSPS) is 21.0. The van der Waals surface area contributed by atoms with Gasteiger partial charge >= 0.3 is 0 Å². The Kier molecular flexibility index (Phi) is 4.77. The van der Waals surface area contributed by atoms with Gasteiger partial charge in [0, 0.05) is 19.0 Å². The number of rotatable bonds is 4. The molecule has 0 radical (unpaired) electrons. The van der Waals surface area contributed by atoms with E-state index in [0.29, 0.717) is 19.4 Å². The smallest absolute Gasteiger partial charge is 0.151 e. The van der Waals surface area contributed by atoms with Crippen molar-refractivity contribution >= 4 is 15.7 Å². The summed E-state index contributed by atoms with van der Waals surface area (Å²) in [5.74, 6) is 0.574.